The van der Waals surface area contributed by atoms with E-state index in [0.717, 1.165) is 19.4 Å². The van der Waals surface area contributed by atoms with E-state index in [-0.39, 0.29) is 17.9 Å². The summed E-state index contributed by atoms with van der Waals surface area (Å²) in [5.41, 5.74) is 0. The third-order valence-corrected chi connectivity index (χ3v) is 2.63. The predicted molar refractivity (Wildman–Crippen MR) is 42.3 cm³/mol. The lowest BCUT2D eigenvalue weighted by Gasteiger charge is -2.34. The Morgan fingerprint density at radius 1 is 1.25 bits per heavy atom. The Bertz CT molecular complexity index is 227. The number of carbonyl (C=O) groups is 2. The van der Waals surface area contributed by atoms with Gasteiger partial charge in [-0.05, 0) is 18.8 Å². The first-order valence-corrected chi connectivity index (χ1v) is 4.34. The zero-order valence-electron chi connectivity index (χ0n) is 6.80. The van der Waals surface area contributed by atoms with Crippen molar-refractivity contribution in [2.75, 3.05) is 6.54 Å². The Balaban J connectivity index is 2.10. The molecule has 2 saturated heterocycles. The van der Waals surface area contributed by atoms with Crippen molar-refractivity contribution in [3.05, 3.63) is 0 Å². The number of rotatable bonds is 0. The minimum Gasteiger partial charge on any atom is -0.354 e. The Labute approximate surface area is 70.7 Å². The number of amides is 2. The normalized spacial score (nSPS) is 35.0. The monoisotopic (exact) mass is 168 g/mol. The Morgan fingerprint density at radius 3 is 2.92 bits per heavy atom. The van der Waals surface area contributed by atoms with Crippen LogP contribution in [-0.2, 0) is 9.59 Å². The summed E-state index contributed by atoms with van der Waals surface area (Å²) in [6.07, 6.45) is 2.44. The fraction of sp³-hybridized carbons (Fsp3) is 0.750. The van der Waals surface area contributed by atoms with Gasteiger partial charge in [0.15, 0.2) is 0 Å². The predicted octanol–water partition coefficient (Wildman–Crippen LogP) is -0.599. The zero-order chi connectivity index (χ0) is 8.55. The van der Waals surface area contributed by atoms with Crippen LogP contribution in [0.25, 0.3) is 0 Å². The van der Waals surface area contributed by atoms with Gasteiger partial charge in [0.25, 0.3) is 0 Å². The van der Waals surface area contributed by atoms with E-state index in [1.165, 1.54) is 0 Å². The molecule has 0 aromatic carbocycles. The number of carbonyl (C=O) groups excluding carboxylic acids is 2. The molecule has 2 N–H and O–H groups in total. The maximum atomic E-state index is 11.2. The molecule has 12 heavy (non-hydrogen) atoms. The second-order valence-corrected chi connectivity index (χ2v) is 3.42. The number of fused-ring (bicyclic) bond motifs is 1. The number of nitrogens with one attached hydrogen (secondary N) is 2. The summed E-state index contributed by atoms with van der Waals surface area (Å²) in [7, 11) is 0. The van der Waals surface area contributed by atoms with E-state index in [9.17, 15) is 9.59 Å². The fourth-order valence-corrected chi connectivity index (χ4v) is 1.93. The van der Waals surface area contributed by atoms with Crippen LogP contribution >= 0.6 is 0 Å². The zero-order valence-corrected chi connectivity index (χ0v) is 6.80. The van der Waals surface area contributed by atoms with Gasteiger partial charge in [-0.25, -0.2) is 0 Å². The molecule has 0 saturated carbocycles. The number of hydrogen-bond donors (Lipinski definition) is 2. The molecule has 66 valence electrons. The highest BCUT2D eigenvalue weighted by Crippen LogP contribution is 2.22. The van der Waals surface area contributed by atoms with E-state index < -0.39 is 0 Å². The number of hydrogen-bond acceptors (Lipinski definition) is 2. The van der Waals surface area contributed by atoms with E-state index >= 15 is 0 Å². The highest BCUT2D eigenvalue weighted by atomic mass is 16.2. The first-order chi connectivity index (χ1) is 5.77. The molecule has 0 bridgehead atoms. The van der Waals surface area contributed by atoms with Crippen LogP contribution in [0, 0.1) is 5.92 Å². The largest absolute Gasteiger partial charge is 0.354 e. The molecule has 2 rings (SSSR count). The Hall–Kier alpha value is -1.06. The molecule has 0 spiro atoms. The summed E-state index contributed by atoms with van der Waals surface area (Å²) in [4.78, 5) is 22.2. The molecule has 4 nitrogen and oxygen atoms in total. The van der Waals surface area contributed by atoms with E-state index in [1.54, 1.807) is 0 Å². The summed E-state index contributed by atoms with van der Waals surface area (Å²) in [6.45, 7) is 0.760. The molecule has 2 aliphatic rings. The van der Waals surface area contributed by atoms with Gasteiger partial charge in [0.05, 0.1) is 0 Å². The van der Waals surface area contributed by atoms with Crippen molar-refractivity contribution in [3.63, 3.8) is 0 Å². The lowest BCUT2D eigenvalue weighted by atomic mass is 9.85. The molecule has 0 radical (unpaired) electrons. The van der Waals surface area contributed by atoms with Crippen molar-refractivity contribution >= 4 is 11.8 Å². The lowest BCUT2D eigenvalue weighted by molar-refractivity contribution is -0.134. The first-order valence-electron chi connectivity index (χ1n) is 4.34. The van der Waals surface area contributed by atoms with Gasteiger partial charge in [0.1, 0.15) is 6.04 Å². The number of piperidine rings is 2. The Kier molecular flexibility index (Phi) is 1.75. The van der Waals surface area contributed by atoms with Gasteiger partial charge in [0.2, 0.25) is 11.8 Å². The molecule has 2 amide bonds. The maximum Gasteiger partial charge on any atom is 0.242 e. The SMILES string of the molecule is O=C1CC[C@H]2CCNC(=O)[C@@H]2N1. The smallest absolute Gasteiger partial charge is 0.242 e. The molecule has 0 aromatic heterocycles. The van der Waals surface area contributed by atoms with E-state index in [4.69, 9.17) is 0 Å². The van der Waals surface area contributed by atoms with Gasteiger partial charge in [-0.1, -0.05) is 0 Å². The van der Waals surface area contributed by atoms with Gasteiger partial charge in [-0.2, -0.15) is 0 Å². The second kappa shape index (κ2) is 2.77. The summed E-state index contributed by atoms with van der Waals surface area (Å²) in [6, 6.07) is -0.250. The summed E-state index contributed by atoms with van der Waals surface area (Å²) >= 11 is 0. The van der Waals surface area contributed by atoms with Crippen LogP contribution in [0.2, 0.25) is 0 Å². The van der Waals surface area contributed by atoms with Crippen molar-refractivity contribution in [3.8, 4) is 0 Å². The quantitative estimate of drug-likeness (QED) is 0.507. The molecule has 0 aliphatic carbocycles. The molecule has 2 aliphatic heterocycles. The topological polar surface area (TPSA) is 58.2 Å². The van der Waals surface area contributed by atoms with Crippen molar-refractivity contribution < 1.29 is 9.59 Å². The second-order valence-electron chi connectivity index (χ2n) is 3.42. The fourth-order valence-electron chi connectivity index (χ4n) is 1.93. The average molecular weight is 168 g/mol. The van der Waals surface area contributed by atoms with Crippen LogP contribution < -0.4 is 10.6 Å². The van der Waals surface area contributed by atoms with E-state index in [1.807, 2.05) is 0 Å². The lowest BCUT2D eigenvalue weighted by Crippen LogP contribution is -2.57. The molecule has 0 unspecified atom stereocenters. The minimum absolute atomic E-state index is 0.00769. The van der Waals surface area contributed by atoms with Crippen LogP contribution in [0.5, 0.6) is 0 Å². The van der Waals surface area contributed by atoms with E-state index in [2.05, 4.69) is 10.6 Å². The average Bonchev–Trinajstić information content (AvgIpc) is 2.07. The summed E-state index contributed by atoms with van der Waals surface area (Å²) in [5, 5.41) is 5.47. The molecule has 0 aromatic rings. The molecule has 2 atom stereocenters. The summed E-state index contributed by atoms with van der Waals surface area (Å²) < 4.78 is 0. The molecular weight excluding hydrogens is 156 g/mol. The van der Waals surface area contributed by atoms with Crippen LogP contribution in [-0.4, -0.2) is 24.4 Å². The van der Waals surface area contributed by atoms with Crippen LogP contribution in [0.3, 0.4) is 0 Å². The van der Waals surface area contributed by atoms with Crippen molar-refractivity contribution in [1.82, 2.24) is 10.6 Å². The third-order valence-electron chi connectivity index (χ3n) is 2.63. The van der Waals surface area contributed by atoms with E-state index in [0.29, 0.717) is 12.3 Å². The van der Waals surface area contributed by atoms with Gasteiger partial charge >= 0.3 is 0 Å². The van der Waals surface area contributed by atoms with Crippen molar-refractivity contribution in [2.24, 2.45) is 5.92 Å². The molecule has 2 fully saturated rings. The van der Waals surface area contributed by atoms with Gasteiger partial charge in [-0.3, -0.25) is 9.59 Å². The van der Waals surface area contributed by atoms with Gasteiger partial charge in [-0.15, -0.1) is 0 Å². The highest BCUT2D eigenvalue weighted by Gasteiger charge is 2.36. The molecule has 2 heterocycles. The molecule has 4 heteroatoms. The molecular formula is C8H12N2O2. The standard InChI is InChI=1S/C8H12N2O2/c11-6-2-1-5-3-4-9-8(12)7(5)10-6/h5,7H,1-4H2,(H,9,12)(H,10,11)/t5-,7+/m0/s1. The van der Waals surface area contributed by atoms with Crippen molar-refractivity contribution in [1.29, 1.82) is 0 Å². The first kappa shape index (κ1) is 7.58. The summed E-state index contributed by atoms with van der Waals surface area (Å²) in [5.74, 6) is 0.365. The highest BCUT2D eigenvalue weighted by molar-refractivity contribution is 5.89. The minimum atomic E-state index is -0.250. The third kappa shape index (κ3) is 1.17. The van der Waals surface area contributed by atoms with Gasteiger partial charge in [0, 0.05) is 13.0 Å². The van der Waals surface area contributed by atoms with Crippen molar-refractivity contribution in [2.45, 2.75) is 25.3 Å². The van der Waals surface area contributed by atoms with Crippen LogP contribution in [0.15, 0.2) is 0 Å². The van der Waals surface area contributed by atoms with Crippen LogP contribution in [0.1, 0.15) is 19.3 Å². The van der Waals surface area contributed by atoms with Crippen LogP contribution in [0.4, 0.5) is 0 Å². The van der Waals surface area contributed by atoms with Gasteiger partial charge < -0.3 is 10.6 Å². The maximum absolute atomic E-state index is 11.2. The Morgan fingerprint density at radius 2 is 2.08 bits per heavy atom.